The maximum Gasteiger partial charge on any atom is 0.280 e. The molecule has 0 aliphatic carbocycles. The Bertz CT molecular complexity index is 651. The van der Waals surface area contributed by atoms with Crippen LogP contribution in [0.25, 0.3) is 0 Å². The quantitative estimate of drug-likeness (QED) is 0.798. The van der Waals surface area contributed by atoms with Crippen molar-refractivity contribution >= 4 is 19.7 Å². The van der Waals surface area contributed by atoms with Crippen LogP contribution in [0, 0.1) is 0 Å². The van der Waals surface area contributed by atoms with Gasteiger partial charge in [-0.25, -0.2) is 13.4 Å². The van der Waals surface area contributed by atoms with Gasteiger partial charge in [0.25, 0.3) is 9.05 Å². The first-order valence-electron chi connectivity index (χ1n) is 6.05. The van der Waals surface area contributed by atoms with Gasteiger partial charge in [-0.15, -0.1) is 0 Å². The monoisotopic (exact) mass is 298 g/mol. The van der Waals surface area contributed by atoms with Crippen molar-refractivity contribution in [1.29, 1.82) is 0 Å². The fourth-order valence-corrected chi connectivity index (χ4v) is 2.58. The summed E-state index contributed by atoms with van der Waals surface area (Å²) in [5, 5.41) is -0.0754. The molecule has 0 unspecified atom stereocenters. The van der Waals surface area contributed by atoms with Crippen LogP contribution in [-0.4, -0.2) is 18.0 Å². The summed E-state index contributed by atoms with van der Waals surface area (Å²) in [5.41, 5.74) is 1.09. The molecule has 0 N–H and O–H groups in total. The van der Waals surface area contributed by atoms with Gasteiger partial charge in [-0.2, -0.15) is 0 Å². The number of benzene rings is 1. The first-order chi connectivity index (χ1) is 9.00. The Hall–Kier alpha value is -1.33. The minimum atomic E-state index is -3.77. The van der Waals surface area contributed by atoms with Crippen LogP contribution in [0.4, 0.5) is 0 Å². The fourth-order valence-electron chi connectivity index (χ4n) is 1.89. The largest absolute Gasteiger partial charge is 0.329 e. The number of imidazole rings is 1. The molecule has 0 amide bonds. The number of halogens is 1. The third-order valence-electron chi connectivity index (χ3n) is 2.76. The zero-order valence-corrected chi connectivity index (χ0v) is 12.2. The van der Waals surface area contributed by atoms with Gasteiger partial charge in [0.1, 0.15) is 5.82 Å². The number of aromatic nitrogens is 2. The molecular formula is C13H15ClN2O2S. The van der Waals surface area contributed by atoms with E-state index in [1.807, 2.05) is 41.8 Å². The Morgan fingerprint density at radius 1 is 1.26 bits per heavy atom. The molecule has 1 heterocycles. The van der Waals surface area contributed by atoms with Gasteiger partial charge in [-0.1, -0.05) is 37.3 Å². The van der Waals surface area contributed by atoms with Crippen molar-refractivity contribution < 1.29 is 8.42 Å². The molecule has 1 aromatic heterocycles. The van der Waals surface area contributed by atoms with E-state index in [2.05, 4.69) is 4.98 Å². The summed E-state index contributed by atoms with van der Waals surface area (Å²) in [6.45, 7) is 2.62. The topological polar surface area (TPSA) is 52.0 Å². The van der Waals surface area contributed by atoms with Gasteiger partial charge >= 0.3 is 0 Å². The Morgan fingerprint density at radius 3 is 2.53 bits per heavy atom. The first-order valence-corrected chi connectivity index (χ1v) is 8.36. The van der Waals surface area contributed by atoms with Crippen LogP contribution in [0.3, 0.4) is 0 Å². The van der Waals surface area contributed by atoms with Crippen LogP contribution in [-0.2, 0) is 22.0 Å². The van der Waals surface area contributed by atoms with E-state index in [4.69, 9.17) is 10.7 Å². The lowest BCUT2D eigenvalue weighted by Crippen LogP contribution is -2.03. The van der Waals surface area contributed by atoms with Gasteiger partial charge in [0.2, 0.25) is 0 Å². The molecule has 6 heteroatoms. The first kappa shape index (κ1) is 14.1. The molecule has 2 rings (SSSR count). The van der Waals surface area contributed by atoms with Gasteiger partial charge in [0.05, 0.1) is 0 Å². The molecule has 0 bridgehead atoms. The van der Waals surface area contributed by atoms with Gasteiger partial charge in [-0.3, -0.25) is 0 Å². The van der Waals surface area contributed by atoms with E-state index in [0.717, 1.165) is 24.2 Å². The van der Waals surface area contributed by atoms with E-state index in [0.29, 0.717) is 6.54 Å². The Balaban J connectivity index is 2.35. The summed E-state index contributed by atoms with van der Waals surface area (Å²) in [6, 6.07) is 9.82. The minimum Gasteiger partial charge on any atom is -0.329 e. The number of aryl methyl sites for hydroxylation is 1. The third-order valence-corrected chi connectivity index (χ3v) is 3.93. The van der Waals surface area contributed by atoms with Gasteiger partial charge in [-0.05, 0) is 12.0 Å². The van der Waals surface area contributed by atoms with Crippen LogP contribution >= 0.6 is 10.7 Å². The molecule has 0 saturated heterocycles. The third kappa shape index (κ3) is 3.58. The predicted octanol–water partition coefficient (Wildman–Crippen LogP) is 2.81. The lowest BCUT2D eigenvalue weighted by molar-refractivity contribution is 0.606. The van der Waals surface area contributed by atoms with E-state index in [1.165, 1.54) is 6.20 Å². The van der Waals surface area contributed by atoms with Crippen molar-refractivity contribution in [2.45, 2.75) is 31.3 Å². The van der Waals surface area contributed by atoms with Crippen molar-refractivity contribution in [3.63, 3.8) is 0 Å². The average Bonchev–Trinajstić information content (AvgIpc) is 2.74. The number of rotatable bonds is 5. The van der Waals surface area contributed by atoms with Crippen molar-refractivity contribution in [2.24, 2.45) is 0 Å². The molecule has 1 aromatic carbocycles. The number of nitrogens with zero attached hydrogens (tertiary/aromatic N) is 2. The normalized spacial score (nSPS) is 11.7. The molecule has 0 saturated carbocycles. The van der Waals surface area contributed by atoms with E-state index < -0.39 is 9.05 Å². The van der Waals surface area contributed by atoms with Gasteiger partial charge in [0, 0.05) is 29.8 Å². The predicted molar refractivity (Wildman–Crippen MR) is 74.8 cm³/mol. The standard InChI is InChI=1S/C13H15ClN2O2S/c1-2-6-12-15-13(19(14,17)18)10-16(12)9-11-7-4-3-5-8-11/h3-5,7-8,10H,2,6,9H2,1H3. The summed E-state index contributed by atoms with van der Waals surface area (Å²) < 4.78 is 24.5. The molecule has 0 radical (unpaired) electrons. The van der Waals surface area contributed by atoms with E-state index >= 15 is 0 Å². The maximum absolute atomic E-state index is 11.3. The second kappa shape index (κ2) is 5.75. The summed E-state index contributed by atoms with van der Waals surface area (Å²) in [4.78, 5) is 4.11. The Labute approximate surface area is 117 Å². The molecule has 19 heavy (non-hydrogen) atoms. The molecule has 0 atom stereocenters. The highest BCUT2D eigenvalue weighted by Gasteiger charge is 2.17. The highest BCUT2D eigenvalue weighted by atomic mass is 35.7. The Morgan fingerprint density at radius 2 is 1.95 bits per heavy atom. The smallest absolute Gasteiger partial charge is 0.280 e. The zero-order valence-electron chi connectivity index (χ0n) is 10.6. The summed E-state index contributed by atoms with van der Waals surface area (Å²) >= 11 is 0. The van der Waals surface area contributed by atoms with Gasteiger partial charge < -0.3 is 4.57 Å². The zero-order chi connectivity index (χ0) is 13.9. The highest BCUT2D eigenvalue weighted by Crippen LogP contribution is 2.17. The molecule has 2 aromatic rings. The Kier molecular flexibility index (Phi) is 4.27. The van der Waals surface area contributed by atoms with Crippen LogP contribution < -0.4 is 0 Å². The molecule has 102 valence electrons. The summed E-state index contributed by atoms with van der Waals surface area (Å²) in [5.74, 6) is 0.741. The molecule has 0 fully saturated rings. The van der Waals surface area contributed by atoms with Crippen molar-refractivity contribution in [3.8, 4) is 0 Å². The minimum absolute atomic E-state index is 0.0754. The van der Waals surface area contributed by atoms with Crippen LogP contribution in [0.5, 0.6) is 0 Å². The second-order valence-electron chi connectivity index (χ2n) is 4.30. The van der Waals surface area contributed by atoms with Crippen LogP contribution in [0.1, 0.15) is 24.7 Å². The summed E-state index contributed by atoms with van der Waals surface area (Å²) in [6.07, 6.45) is 3.12. The number of hydrogen-bond donors (Lipinski definition) is 0. The van der Waals surface area contributed by atoms with E-state index in [1.54, 1.807) is 0 Å². The second-order valence-corrected chi connectivity index (χ2v) is 6.81. The van der Waals surface area contributed by atoms with Crippen molar-refractivity contribution in [2.75, 3.05) is 0 Å². The SMILES string of the molecule is CCCc1nc(S(=O)(=O)Cl)cn1Cc1ccccc1. The summed E-state index contributed by atoms with van der Waals surface area (Å²) in [7, 11) is 1.57. The molecular weight excluding hydrogens is 284 g/mol. The lowest BCUT2D eigenvalue weighted by Gasteiger charge is -2.06. The number of hydrogen-bond acceptors (Lipinski definition) is 3. The van der Waals surface area contributed by atoms with Gasteiger partial charge in [0.15, 0.2) is 5.03 Å². The molecule has 0 aliphatic heterocycles. The van der Waals surface area contributed by atoms with E-state index in [-0.39, 0.29) is 5.03 Å². The van der Waals surface area contributed by atoms with Crippen LogP contribution in [0.2, 0.25) is 0 Å². The molecule has 0 aliphatic rings. The average molecular weight is 299 g/mol. The van der Waals surface area contributed by atoms with E-state index in [9.17, 15) is 8.42 Å². The molecule has 0 spiro atoms. The van der Waals surface area contributed by atoms with Crippen molar-refractivity contribution in [3.05, 3.63) is 47.9 Å². The molecule has 4 nitrogen and oxygen atoms in total. The fraction of sp³-hybridized carbons (Fsp3) is 0.308. The highest BCUT2D eigenvalue weighted by molar-refractivity contribution is 8.13. The van der Waals surface area contributed by atoms with Crippen LogP contribution in [0.15, 0.2) is 41.6 Å². The maximum atomic E-state index is 11.3. The van der Waals surface area contributed by atoms with Crippen molar-refractivity contribution in [1.82, 2.24) is 9.55 Å². The lowest BCUT2D eigenvalue weighted by atomic mass is 10.2.